The van der Waals surface area contributed by atoms with Crippen molar-refractivity contribution in [2.45, 2.75) is 20.3 Å². The largest absolute Gasteiger partial charge is 0.466 e. The first-order chi connectivity index (χ1) is 8.06. The molecule has 4 nitrogen and oxygen atoms in total. The van der Waals surface area contributed by atoms with Crippen LogP contribution < -0.4 is 0 Å². The highest BCUT2D eigenvalue weighted by atomic mass is 32.1. The zero-order chi connectivity index (χ0) is 12.8. The van der Waals surface area contributed by atoms with Gasteiger partial charge in [-0.15, -0.1) is 11.3 Å². The molecule has 0 fully saturated rings. The molecule has 0 atom stereocenters. The van der Waals surface area contributed by atoms with Crippen molar-refractivity contribution in [2.75, 3.05) is 20.2 Å². The van der Waals surface area contributed by atoms with Gasteiger partial charge >= 0.3 is 5.97 Å². The molecular formula is C12H17NO3S. The van der Waals surface area contributed by atoms with Crippen LogP contribution in [0.3, 0.4) is 0 Å². The average Bonchev–Trinajstić information content (AvgIpc) is 2.71. The van der Waals surface area contributed by atoms with E-state index in [1.807, 2.05) is 18.4 Å². The molecule has 94 valence electrons. The van der Waals surface area contributed by atoms with E-state index in [1.165, 1.54) is 11.3 Å². The molecule has 1 rings (SSSR count). The van der Waals surface area contributed by atoms with E-state index in [4.69, 9.17) is 4.74 Å². The summed E-state index contributed by atoms with van der Waals surface area (Å²) >= 11 is 1.42. The van der Waals surface area contributed by atoms with Gasteiger partial charge in [-0.2, -0.15) is 0 Å². The van der Waals surface area contributed by atoms with Gasteiger partial charge < -0.3 is 9.64 Å². The Kier molecular flexibility index (Phi) is 5.15. The normalized spacial score (nSPS) is 10.1. The molecular weight excluding hydrogens is 238 g/mol. The summed E-state index contributed by atoms with van der Waals surface area (Å²) in [5, 5.41) is 1.89. The minimum Gasteiger partial charge on any atom is -0.466 e. The van der Waals surface area contributed by atoms with Gasteiger partial charge in [0, 0.05) is 13.6 Å². The number of nitrogens with zero attached hydrogens (tertiary/aromatic N) is 1. The first-order valence-corrected chi connectivity index (χ1v) is 6.39. The summed E-state index contributed by atoms with van der Waals surface area (Å²) in [6.07, 6.45) is 0.237. The first-order valence-electron chi connectivity index (χ1n) is 5.51. The summed E-state index contributed by atoms with van der Waals surface area (Å²) in [6, 6.07) is 1.91. The van der Waals surface area contributed by atoms with Crippen LogP contribution in [0.4, 0.5) is 0 Å². The summed E-state index contributed by atoms with van der Waals surface area (Å²) in [6.45, 7) is 4.43. The van der Waals surface area contributed by atoms with Crippen LogP contribution in [0.1, 0.15) is 28.6 Å². The highest BCUT2D eigenvalue weighted by Crippen LogP contribution is 2.17. The van der Waals surface area contributed by atoms with Gasteiger partial charge in [0.1, 0.15) is 0 Å². The van der Waals surface area contributed by atoms with Crippen molar-refractivity contribution in [3.05, 3.63) is 21.9 Å². The van der Waals surface area contributed by atoms with Gasteiger partial charge in [-0.05, 0) is 30.9 Å². The Morgan fingerprint density at radius 2 is 2.18 bits per heavy atom. The van der Waals surface area contributed by atoms with E-state index in [1.54, 1.807) is 18.9 Å². The first kappa shape index (κ1) is 13.7. The molecule has 5 heteroatoms. The summed E-state index contributed by atoms with van der Waals surface area (Å²) in [7, 11) is 1.70. The second-order valence-corrected chi connectivity index (χ2v) is 4.63. The Morgan fingerprint density at radius 1 is 1.47 bits per heavy atom. The molecule has 17 heavy (non-hydrogen) atoms. The van der Waals surface area contributed by atoms with E-state index in [0.29, 0.717) is 13.2 Å². The van der Waals surface area contributed by atoms with Crippen LogP contribution in [0.25, 0.3) is 0 Å². The molecule has 0 aliphatic heterocycles. The number of rotatable bonds is 5. The zero-order valence-electron chi connectivity index (χ0n) is 10.4. The summed E-state index contributed by atoms with van der Waals surface area (Å²) in [5.74, 6) is -0.308. The van der Waals surface area contributed by atoms with Crippen molar-refractivity contribution in [2.24, 2.45) is 0 Å². The fourth-order valence-electron chi connectivity index (χ4n) is 1.36. The molecule has 1 aromatic rings. The van der Waals surface area contributed by atoms with Gasteiger partial charge in [-0.25, -0.2) is 0 Å². The molecule has 0 aliphatic rings. The van der Waals surface area contributed by atoms with Gasteiger partial charge in [0.15, 0.2) is 0 Å². The van der Waals surface area contributed by atoms with E-state index in [2.05, 4.69) is 0 Å². The third-order valence-electron chi connectivity index (χ3n) is 2.36. The van der Waals surface area contributed by atoms with Gasteiger partial charge in [0.2, 0.25) is 0 Å². The Bertz CT molecular complexity index is 400. The standard InChI is InChI=1S/C12H17NO3S/c1-4-16-10(14)5-7-13(3)12(15)11-9(2)6-8-17-11/h6,8H,4-5,7H2,1-3H3. The molecule has 1 amide bonds. The Labute approximate surface area is 105 Å². The molecule has 0 aliphatic carbocycles. The lowest BCUT2D eigenvalue weighted by Gasteiger charge is -2.16. The number of amides is 1. The highest BCUT2D eigenvalue weighted by Gasteiger charge is 2.16. The van der Waals surface area contributed by atoms with Crippen molar-refractivity contribution in [3.63, 3.8) is 0 Å². The van der Waals surface area contributed by atoms with Gasteiger partial charge in [0.05, 0.1) is 17.9 Å². The van der Waals surface area contributed by atoms with Gasteiger partial charge in [-0.1, -0.05) is 0 Å². The SMILES string of the molecule is CCOC(=O)CCN(C)C(=O)c1sccc1C. The predicted molar refractivity (Wildman–Crippen MR) is 67.3 cm³/mol. The summed E-state index contributed by atoms with van der Waals surface area (Å²) in [4.78, 5) is 25.4. The lowest BCUT2D eigenvalue weighted by molar-refractivity contribution is -0.143. The molecule has 1 heterocycles. The summed E-state index contributed by atoms with van der Waals surface area (Å²) < 4.78 is 4.81. The van der Waals surface area contributed by atoms with Crippen LogP contribution in [-0.2, 0) is 9.53 Å². The van der Waals surface area contributed by atoms with E-state index in [9.17, 15) is 9.59 Å². The van der Waals surface area contributed by atoms with Gasteiger partial charge in [0.25, 0.3) is 5.91 Å². The number of hydrogen-bond acceptors (Lipinski definition) is 4. The zero-order valence-corrected chi connectivity index (χ0v) is 11.2. The molecule has 0 aromatic carbocycles. The molecule has 0 saturated heterocycles. The molecule has 0 spiro atoms. The number of ether oxygens (including phenoxy) is 1. The Balaban J connectivity index is 2.48. The van der Waals surface area contributed by atoms with Crippen LogP contribution in [0.2, 0.25) is 0 Å². The van der Waals surface area contributed by atoms with Crippen LogP contribution in [0.15, 0.2) is 11.4 Å². The fraction of sp³-hybridized carbons (Fsp3) is 0.500. The smallest absolute Gasteiger partial charge is 0.307 e. The minimum absolute atomic E-state index is 0.0400. The van der Waals surface area contributed by atoms with Crippen LogP contribution in [-0.4, -0.2) is 37.0 Å². The van der Waals surface area contributed by atoms with Crippen LogP contribution >= 0.6 is 11.3 Å². The predicted octanol–water partition coefficient (Wildman–Crippen LogP) is 2.08. The van der Waals surface area contributed by atoms with Crippen molar-refractivity contribution in [1.29, 1.82) is 0 Å². The van der Waals surface area contributed by atoms with Crippen molar-refractivity contribution in [3.8, 4) is 0 Å². The molecule has 1 aromatic heterocycles. The quantitative estimate of drug-likeness (QED) is 0.757. The Morgan fingerprint density at radius 3 is 2.71 bits per heavy atom. The molecule has 0 saturated carbocycles. The maximum Gasteiger partial charge on any atom is 0.307 e. The second kappa shape index (κ2) is 6.39. The lowest BCUT2D eigenvalue weighted by atomic mass is 10.2. The third-order valence-corrected chi connectivity index (χ3v) is 3.36. The third kappa shape index (κ3) is 3.85. The van der Waals surface area contributed by atoms with E-state index < -0.39 is 0 Å². The highest BCUT2D eigenvalue weighted by molar-refractivity contribution is 7.12. The number of carbonyl (C=O) groups excluding carboxylic acids is 2. The number of aryl methyl sites for hydroxylation is 1. The van der Waals surface area contributed by atoms with Crippen LogP contribution in [0, 0.1) is 6.92 Å². The van der Waals surface area contributed by atoms with Crippen LogP contribution in [0.5, 0.6) is 0 Å². The number of hydrogen-bond donors (Lipinski definition) is 0. The molecule has 0 unspecified atom stereocenters. The van der Waals surface area contributed by atoms with Crippen molar-refractivity contribution >= 4 is 23.2 Å². The Hall–Kier alpha value is -1.36. The molecule has 0 bridgehead atoms. The van der Waals surface area contributed by atoms with Gasteiger partial charge in [-0.3, -0.25) is 9.59 Å². The topological polar surface area (TPSA) is 46.6 Å². The lowest BCUT2D eigenvalue weighted by Crippen LogP contribution is -2.29. The minimum atomic E-state index is -0.268. The molecule has 0 N–H and O–H groups in total. The maximum absolute atomic E-state index is 12.0. The number of carbonyl (C=O) groups is 2. The van der Waals surface area contributed by atoms with Crippen molar-refractivity contribution in [1.82, 2.24) is 4.90 Å². The number of thiophene rings is 1. The summed E-state index contributed by atoms with van der Waals surface area (Å²) in [5.41, 5.74) is 0.975. The number of esters is 1. The average molecular weight is 255 g/mol. The maximum atomic E-state index is 12.0. The monoisotopic (exact) mass is 255 g/mol. The second-order valence-electron chi connectivity index (χ2n) is 3.71. The van der Waals surface area contributed by atoms with E-state index in [-0.39, 0.29) is 18.3 Å². The van der Waals surface area contributed by atoms with E-state index in [0.717, 1.165) is 10.4 Å². The van der Waals surface area contributed by atoms with E-state index >= 15 is 0 Å². The molecule has 0 radical (unpaired) electrons. The fourth-order valence-corrected chi connectivity index (χ4v) is 2.28. The van der Waals surface area contributed by atoms with Crippen molar-refractivity contribution < 1.29 is 14.3 Å².